The Balaban J connectivity index is 1.78. The van der Waals surface area contributed by atoms with Crippen molar-refractivity contribution in [1.82, 2.24) is 9.97 Å². The molecule has 0 fully saturated rings. The van der Waals surface area contributed by atoms with Crippen LogP contribution < -0.4 is 0 Å². The summed E-state index contributed by atoms with van der Waals surface area (Å²) in [6, 6.07) is 11.5. The van der Waals surface area contributed by atoms with Gasteiger partial charge in [-0.3, -0.25) is 9.78 Å². The lowest BCUT2D eigenvalue weighted by atomic mass is 9.77. The van der Waals surface area contributed by atoms with E-state index >= 15 is 0 Å². The standard InChI is InChI=1S/C22H21N3O2/c1-15(19-6-5-11-27-19)12-20(26)22(2,3)17-9-7-16(8-10-17)18-13-24-14-21(23-4)25-18/h5-11,13-15H,12H2,1-3H3. The number of furan rings is 1. The van der Waals surface area contributed by atoms with Gasteiger partial charge in [-0.1, -0.05) is 37.8 Å². The second kappa shape index (κ2) is 7.55. The van der Waals surface area contributed by atoms with Crippen LogP contribution in [0.4, 0.5) is 5.82 Å². The molecule has 0 amide bonds. The van der Waals surface area contributed by atoms with Crippen molar-refractivity contribution >= 4 is 11.6 Å². The molecule has 0 saturated carbocycles. The van der Waals surface area contributed by atoms with Crippen molar-refractivity contribution in [1.29, 1.82) is 0 Å². The summed E-state index contributed by atoms with van der Waals surface area (Å²) in [6.07, 6.45) is 5.12. The van der Waals surface area contributed by atoms with E-state index in [1.165, 1.54) is 6.20 Å². The first-order chi connectivity index (χ1) is 12.9. The molecule has 2 heterocycles. The molecule has 136 valence electrons. The van der Waals surface area contributed by atoms with Crippen molar-refractivity contribution in [2.75, 3.05) is 0 Å². The minimum atomic E-state index is -0.608. The SMILES string of the molecule is [C-]#[N+]c1cncc(-c2ccc(C(C)(C)C(=O)CC(C)c3ccco3)cc2)n1. The monoisotopic (exact) mass is 359 g/mol. The number of hydrogen-bond donors (Lipinski definition) is 0. The first-order valence-corrected chi connectivity index (χ1v) is 8.79. The third-order valence-electron chi connectivity index (χ3n) is 4.86. The van der Waals surface area contributed by atoms with Gasteiger partial charge in [0.1, 0.15) is 11.5 Å². The highest BCUT2D eigenvalue weighted by Crippen LogP contribution is 2.31. The molecule has 1 aromatic carbocycles. The van der Waals surface area contributed by atoms with Crippen LogP contribution in [0.25, 0.3) is 16.1 Å². The highest BCUT2D eigenvalue weighted by Gasteiger charge is 2.31. The first-order valence-electron chi connectivity index (χ1n) is 8.79. The van der Waals surface area contributed by atoms with Crippen LogP contribution in [0.3, 0.4) is 0 Å². The van der Waals surface area contributed by atoms with Crippen molar-refractivity contribution < 1.29 is 9.21 Å². The van der Waals surface area contributed by atoms with Crippen LogP contribution in [-0.4, -0.2) is 15.8 Å². The number of aromatic nitrogens is 2. The van der Waals surface area contributed by atoms with E-state index in [0.717, 1.165) is 16.9 Å². The molecule has 0 bridgehead atoms. The minimum absolute atomic E-state index is 0.0395. The number of nitrogens with zero attached hydrogens (tertiary/aromatic N) is 3. The molecule has 1 atom stereocenters. The molecule has 27 heavy (non-hydrogen) atoms. The number of rotatable bonds is 6. The molecule has 2 aromatic heterocycles. The molecule has 3 aromatic rings. The van der Waals surface area contributed by atoms with Gasteiger partial charge in [-0.2, -0.15) is 0 Å². The fourth-order valence-corrected chi connectivity index (χ4v) is 2.97. The Morgan fingerprint density at radius 1 is 1.22 bits per heavy atom. The van der Waals surface area contributed by atoms with Gasteiger partial charge in [-0.15, -0.1) is 4.98 Å². The van der Waals surface area contributed by atoms with Gasteiger partial charge in [0.15, 0.2) is 5.69 Å². The Morgan fingerprint density at radius 3 is 2.59 bits per heavy atom. The highest BCUT2D eigenvalue weighted by atomic mass is 16.3. The molecular weight excluding hydrogens is 338 g/mol. The topological polar surface area (TPSA) is 60.4 Å². The molecule has 0 aliphatic rings. The average molecular weight is 359 g/mol. The third-order valence-corrected chi connectivity index (χ3v) is 4.86. The molecule has 0 spiro atoms. The summed E-state index contributed by atoms with van der Waals surface area (Å²) in [5, 5.41) is 0. The second-order valence-electron chi connectivity index (χ2n) is 7.12. The molecule has 0 saturated heterocycles. The maximum atomic E-state index is 12.9. The molecule has 0 aliphatic carbocycles. The summed E-state index contributed by atoms with van der Waals surface area (Å²) in [5.74, 6) is 1.29. The van der Waals surface area contributed by atoms with E-state index in [9.17, 15) is 4.79 Å². The lowest BCUT2D eigenvalue weighted by Crippen LogP contribution is -2.30. The summed E-state index contributed by atoms with van der Waals surface area (Å²) >= 11 is 0. The fourth-order valence-electron chi connectivity index (χ4n) is 2.97. The zero-order valence-corrected chi connectivity index (χ0v) is 15.6. The van der Waals surface area contributed by atoms with Crippen LogP contribution in [0, 0.1) is 6.57 Å². The molecular formula is C22H21N3O2. The van der Waals surface area contributed by atoms with E-state index in [2.05, 4.69) is 14.8 Å². The van der Waals surface area contributed by atoms with Gasteiger partial charge in [0.25, 0.3) is 5.82 Å². The summed E-state index contributed by atoms with van der Waals surface area (Å²) < 4.78 is 5.41. The van der Waals surface area contributed by atoms with Gasteiger partial charge in [0.2, 0.25) is 0 Å². The summed E-state index contributed by atoms with van der Waals surface area (Å²) in [7, 11) is 0. The Morgan fingerprint density at radius 2 is 1.96 bits per heavy atom. The van der Waals surface area contributed by atoms with Crippen LogP contribution in [-0.2, 0) is 10.2 Å². The van der Waals surface area contributed by atoms with Gasteiger partial charge in [0.05, 0.1) is 18.7 Å². The lowest BCUT2D eigenvalue weighted by Gasteiger charge is -2.25. The number of benzene rings is 1. The van der Waals surface area contributed by atoms with Crippen molar-refractivity contribution in [3.63, 3.8) is 0 Å². The van der Waals surface area contributed by atoms with Gasteiger partial charge in [-0.05, 0) is 31.5 Å². The third kappa shape index (κ3) is 3.95. The molecule has 0 aliphatic heterocycles. The predicted octanol–water partition coefficient (Wildman–Crippen LogP) is 5.33. The maximum absolute atomic E-state index is 12.9. The normalized spacial score (nSPS) is 12.4. The molecule has 5 nitrogen and oxygen atoms in total. The van der Waals surface area contributed by atoms with Gasteiger partial charge in [0, 0.05) is 23.3 Å². The van der Waals surface area contributed by atoms with Crippen molar-refractivity contribution in [3.8, 4) is 11.3 Å². The zero-order chi connectivity index (χ0) is 19.4. The van der Waals surface area contributed by atoms with Crippen LogP contribution in [0.5, 0.6) is 0 Å². The summed E-state index contributed by atoms with van der Waals surface area (Å²) in [4.78, 5) is 24.5. The molecule has 5 heteroatoms. The largest absolute Gasteiger partial charge is 0.469 e. The lowest BCUT2D eigenvalue weighted by molar-refractivity contribution is -0.123. The zero-order valence-electron chi connectivity index (χ0n) is 15.6. The van der Waals surface area contributed by atoms with Crippen LogP contribution in [0.2, 0.25) is 0 Å². The molecule has 1 unspecified atom stereocenters. The van der Waals surface area contributed by atoms with Gasteiger partial charge in [-0.25, -0.2) is 0 Å². The summed E-state index contributed by atoms with van der Waals surface area (Å²) in [6.45, 7) is 12.9. The Kier molecular flexibility index (Phi) is 5.18. The summed E-state index contributed by atoms with van der Waals surface area (Å²) in [5.41, 5.74) is 1.84. The van der Waals surface area contributed by atoms with Gasteiger partial charge >= 0.3 is 0 Å². The van der Waals surface area contributed by atoms with E-state index in [-0.39, 0.29) is 17.5 Å². The highest BCUT2D eigenvalue weighted by molar-refractivity contribution is 5.90. The molecule has 0 radical (unpaired) electrons. The van der Waals surface area contributed by atoms with E-state index < -0.39 is 5.41 Å². The van der Waals surface area contributed by atoms with E-state index in [1.54, 1.807) is 12.5 Å². The maximum Gasteiger partial charge on any atom is 0.288 e. The predicted molar refractivity (Wildman–Crippen MR) is 104 cm³/mol. The minimum Gasteiger partial charge on any atom is -0.469 e. The Hall–Kier alpha value is -3.26. The quantitative estimate of drug-likeness (QED) is 0.558. The fraction of sp³-hybridized carbons (Fsp3) is 0.273. The van der Waals surface area contributed by atoms with Crippen LogP contribution >= 0.6 is 0 Å². The number of carbonyl (C=O) groups is 1. The van der Waals surface area contributed by atoms with E-state index in [0.29, 0.717) is 12.1 Å². The number of ketones is 1. The van der Waals surface area contributed by atoms with Gasteiger partial charge < -0.3 is 9.26 Å². The molecule has 0 N–H and O–H groups in total. The Bertz CT molecular complexity index is 968. The smallest absolute Gasteiger partial charge is 0.288 e. The van der Waals surface area contributed by atoms with Crippen LogP contribution in [0.15, 0.2) is 59.5 Å². The average Bonchev–Trinajstić information content (AvgIpc) is 3.23. The molecule has 3 rings (SSSR count). The van der Waals surface area contributed by atoms with Crippen LogP contribution in [0.1, 0.15) is 44.4 Å². The van der Waals surface area contributed by atoms with Crippen molar-refractivity contribution in [2.45, 2.75) is 38.5 Å². The first kappa shape index (κ1) is 18.5. The number of hydrogen-bond acceptors (Lipinski definition) is 4. The second-order valence-corrected chi connectivity index (χ2v) is 7.12. The van der Waals surface area contributed by atoms with E-state index in [1.807, 2.05) is 57.2 Å². The van der Waals surface area contributed by atoms with E-state index in [4.69, 9.17) is 11.0 Å². The van der Waals surface area contributed by atoms with Crippen molar-refractivity contribution in [2.24, 2.45) is 0 Å². The Labute approximate surface area is 158 Å². The number of carbonyl (C=O) groups excluding carboxylic acids is 1. The number of Topliss-reactive ketones (excluding diaryl/α,β-unsaturated/α-hetero) is 1. The van der Waals surface area contributed by atoms with Crippen molar-refractivity contribution in [3.05, 3.63) is 77.8 Å².